The summed E-state index contributed by atoms with van der Waals surface area (Å²) < 4.78 is 0. The molecular formula is C24H29N3O3. The minimum atomic E-state index is -0.796. The molecule has 2 aromatic rings. The van der Waals surface area contributed by atoms with Gasteiger partial charge in [-0.3, -0.25) is 14.6 Å². The van der Waals surface area contributed by atoms with Gasteiger partial charge in [0, 0.05) is 45.4 Å². The molecule has 2 fully saturated rings. The summed E-state index contributed by atoms with van der Waals surface area (Å²) >= 11 is 0. The van der Waals surface area contributed by atoms with Crippen LogP contribution in [0.25, 0.3) is 0 Å². The van der Waals surface area contributed by atoms with E-state index in [9.17, 15) is 14.7 Å². The number of carbonyl (C=O) groups is 2. The van der Waals surface area contributed by atoms with E-state index in [4.69, 9.17) is 0 Å². The highest BCUT2D eigenvalue weighted by Gasteiger charge is 2.45. The second-order valence-electron chi connectivity index (χ2n) is 8.76. The lowest BCUT2D eigenvalue weighted by Crippen LogP contribution is -2.49. The van der Waals surface area contributed by atoms with Gasteiger partial charge in [0.25, 0.3) is 0 Å². The van der Waals surface area contributed by atoms with E-state index < -0.39 is 11.5 Å². The van der Waals surface area contributed by atoms with Crippen molar-refractivity contribution in [3.8, 4) is 0 Å². The summed E-state index contributed by atoms with van der Waals surface area (Å²) in [5.41, 5.74) is 2.39. The molecule has 30 heavy (non-hydrogen) atoms. The fraction of sp³-hybridized carbons (Fsp3) is 0.458. The summed E-state index contributed by atoms with van der Waals surface area (Å²) in [5, 5.41) is 11.1. The van der Waals surface area contributed by atoms with E-state index in [1.807, 2.05) is 42.2 Å². The zero-order valence-electron chi connectivity index (χ0n) is 17.6. The van der Waals surface area contributed by atoms with Gasteiger partial charge < -0.3 is 14.9 Å². The zero-order valence-corrected chi connectivity index (χ0v) is 17.6. The molecule has 6 heteroatoms. The van der Waals surface area contributed by atoms with Crippen molar-refractivity contribution in [3.05, 3.63) is 65.5 Å². The third kappa shape index (κ3) is 4.10. The minimum absolute atomic E-state index is 0.000779. The van der Waals surface area contributed by atoms with Crippen molar-refractivity contribution in [3.63, 3.8) is 0 Å². The highest BCUT2D eigenvalue weighted by Crippen LogP contribution is 2.38. The maximum atomic E-state index is 13.3. The Labute approximate surface area is 177 Å². The Morgan fingerprint density at radius 3 is 2.67 bits per heavy atom. The van der Waals surface area contributed by atoms with E-state index >= 15 is 0 Å². The molecule has 6 nitrogen and oxygen atoms in total. The fourth-order valence-corrected chi connectivity index (χ4v) is 4.85. The third-order valence-corrected chi connectivity index (χ3v) is 6.55. The standard InChI is InChI=1S/C24H29N3O3/c1-17-5-3-6-18(13-17)15-24(30)8-11-27(12-9-24)23(29)20-14-21(28)26(2)22(20)19-7-4-10-25-16-19/h3-7,10,13,16,20,22,30H,8-9,11-12,14-15H2,1-2H3/t20-,22+/m0/s1. The van der Waals surface area contributed by atoms with Crippen LogP contribution >= 0.6 is 0 Å². The van der Waals surface area contributed by atoms with Crippen LogP contribution in [0.1, 0.15) is 42.0 Å². The molecule has 0 spiro atoms. The zero-order chi connectivity index (χ0) is 21.3. The first-order valence-corrected chi connectivity index (χ1v) is 10.6. The molecule has 0 radical (unpaired) electrons. The van der Waals surface area contributed by atoms with Crippen molar-refractivity contribution in [1.29, 1.82) is 0 Å². The molecule has 1 N–H and O–H groups in total. The molecule has 2 amide bonds. The highest BCUT2D eigenvalue weighted by molar-refractivity contribution is 5.90. The van der Waals surface area contributed by atoms with Gasteiger partial charge in [0.2, 0.25) is 11.8 Å². The van der Waals surface area contributed by atoms with Crippen LogP contribution in [-0.2, 0) is 16.0 Å². The Balaban J connectivity index is 1.44. The second kappa shape index (κ2) is 8.19. The van der Waals surface area contributed by atoms with Gasteiger partial charge in [-0.25, -0.2) is 0 Å². The third-order valence-electron chi connectivity index (χ3n) is 6.55. The van der Waals surface area contributed by atoms with Crippen molar-refractivity contribution in [1.82, 2.24) is 14.8 Å². The van der Waals surface area contributed by atoms with Gasteiger partial charge in [-0.15, -0.1) is 0 Å². The Morgan fingerprint density at radius 2 is 2.00 bits per heavy atom. The molecule has 2 saturated heterocycles. The van der Waals surface area contributed by atoms with Crippen molar-refractivity contribution in [2.75, 3.05) is 20.1 Å². The average Bonchev–Trinajstić information content (AvgIpc) is 3.03. The number of carbonyl (C=O) groups excluding carboxylic acids is 2. The summed E-state index contributed by atoms with van der Waals surface area (Å²) in [6.07, 6.45) is 5.33. The second-order valence-corrected chi connectivity index (χ2v) is 8.76. The molecule has 0 saturated carbocycles. The lowest BCUT2D eigenvalue weighted by molar-refractivity contribution is -0.140. The maximum absolute atomic E-state index is 13.3. The van der Waals surface area contributed by atoms with Gasteiger partial charge in [0.1, 0.15) is 0 Å². The number of hydrogen-bond acceptors (Lipinski definition) is 4. The Kier molecular flexibility index (Phi) is 5.60. The lowest BCUT2D eigenvalue weighted by atomic mass is 9.84. The van der Waals surface area contributed by atoms with Crippen LogP contribution in [-0.4, -0.2) is 57.4 Å². The molecular weight excluding hydrogens is 378 g/mol. The predicted molar refractivity (Wildman–Crippen MR) is 114 cm³/mol. The van der Waals surface area contributed by atoms with E-state index in [1.165, 1.54) is 5.56 Å². The van der Waals surface area contributed by atoms with Gasteiger partial charge in [0.05, 0.1) is 17.6 Å². The van der Waals surface area contributed by atoms with Crippen molar-refractivity contribution >= 4 is 11.8 Å². The SMILES string of the molecule is Cc1cccc(CC2(O)CCN(C(=O)[C@H]3CC(=O)N(C)[C@@H]3c3cccnc3)CC2)c1. The first-order valence-electron chi connectivity index (χ1n) is 10.6. The number of nitrogens with zero attached hydrogens (tertiary/aromatic N) is 3. The first kappa shape index (κ1) is 20.5. The monoisotopic (exact) mass is 407 g/mol. The molecule has 4 rings (SSSR count). The van der Waals surface area contributed by atoms with Crippen molar-refractivity contribution < 1.29 is 14.7 Å². The van der Waals surface area contributed by atoms with Crippen LogP contribution in [0.15, 0.2) is 48.8 Å². The van der Waals surface area contributed by atoms with Crippen molar-refractivity contribution in [2.24, 2.45) is 5.92 Å². The number of aromatic nitrogens is 1. The van der Waals surface area contributed by atoms with Crippen LogP contribution < -0.4 is 0 Å². The lowest BCUT2D eigenvalue weighted by Gasteiger charge is -2.40. The molecule has 2 aliphatic rings. The van der Waals surface area contributed by atoms with Crippen LogP contribution in [0.4, 0.5) is 0 Å². The Bertz CT molecular complexity index is 922. The van der Waals surface area contributed by atoms with E-state index in [1.54, 1.807) is 24.3 Å². The van der Waals surface area contributed by atoms with Gasteiger partial charge in [0.15, 0.2) is 0 Å². The number of likely N-dealkylation sites (tertiary alicyclic amines) is 2. The molecule has 3 heterocycles. The van der Waals surface area contributed by atoms with Crippen LogP contribution in [0, 0.1) is 12.8 Å². The van der Waals surface area contributed by atoms with E-state index in [0.29, 0.717) is 32.4 Å². The summed E-state index contributed by atoms with van der Waals surface area (Å²) in [6.45, 7) is 3.07. The van der Waals surface area contributed by atoms with Gasteiger partial charge in [-0.1, -0.05) is 35.9 Å². The molecule has 2 aliphatic heterocycles. The first-order chi connectivity index (χ1) is 14.4. The van der Waals surface area contributed by atoms with Crippen molar-refractivity contribution in [2.45, 2.75) is 44.2 Å². The van der Waals surface area contributed by atoms with Gasteiger partial charge >= 0.3 is 0 Å². The predicted octanol–water partition coefficient (Wildman–Crippen LogP) is 2.51. The molecule has 1 aromatic carbocycles. The highest BCUT2D eigenvalue weighted by atomic mass is 16.3. The number of hydrogen-bond donors (Lipinski definition) is 1. The molecule has 0 unspecified atom stereocenters. The van der Waals surface area contributed by atoms with Gasteiger partial charge in [-0.05, 0) is 37.0 Å². The molecule has 0 aliphatic carbocycles. The molecule has 1 aromatic heterocycles. The normalized spacial score (nSPS) is 23.6. The Hall–Kier alpha value is -2.73. The summed E-state index contributed by atoms with van der Waals surface area (Å²) in [7, 11) is 1.75. The quantitative estimate of drug-likeness (QED) is 0.845. The number of benzene rings is 1. The largest absolute Gasteiger partial charge is 0.389 e. The number of amides is 2. The van der Waals surface area contributed by atoms with Crippen LogP contribution in [0.3, 0.4) is 0 Å². The maximum Gasteiger partial charge on any atom is 0.228 e. The minimum Gasteiger partial charge on any atom is -0.389 e. The van der Waals surface area contributed by atoms with E-state index in [0.717, 1.165) is 11.1 Å². The van der Waals surface area contributed by atoms with E-state index in [-0.39, 0.29) is 24.3 Å². The number of rotatable bonds is 4. The Morgan fingerprint density at radius 1 is 1.23 bits per heavy atom. The van der Waals surface area contributed by atoms with Gasteiger partial charge in [-0.2, -0.15) is 0 Å². The number of piperidine rings is 1. The molecule has 0 bridgehead atoms. The van der Waals surface area contributed by atoms with E-state index in [2.05, 4.69) is 11.1 Å². The number of pyridine rings is 1. The average molecular weight is 408 g/mol. The molecule has 158 valence electrons. The number of aliphatic hydroxyl groups is 1. The van der Waals surface area contributed by atoms with Crippen LogP contribution in [0.5, 0.6) is 0 Å². The summed E-state index contributed by atoms with van der Waals surface area (Å²) in [6, 6.07) is 11.7. The van der Waals surface area contributed by atoms with Crippen LogP contribution in [0.2, 0.25) is 0 Å². The fourth-order valence-electron chi connectivity index (χ4n) is 4.85. The molecule has 2 atom stereocenters. The smallest absolute Gasteiger partial charge is 0.228 e. The topological polar surface area (TPSA) is 73.7 Å². The number of aryl methyl sites for hydroxylation is 1. The summed E-state index contributed by atoms with van der Waals surface area (Å²) in [4.78, 5) is 33.4. The summed E-state index contributed by atoms with van der Waals surface area (Å²) in [5.74, 6) is -0.427.